The van der Waals surface area contributed by atoms with Crippen LogP contribution < -0.4 is 5.32 Å². The molecule has 1 N–H and O–H groups in total. The number of benzene rings is 1. The summed E-state index contributed by atoms with van der Waals surface area (Å²) >= 11 is 9.52. The van der Waals surface area contributed by atoms with Crippen molar-refractivity contribution in [2.45, 2.75) is 20.8 Å². The minimum atomic E-state index is 0.485. The third kappa shape index (κ3) is 2.82. The van der Waals surface area contributed by atoms with Gasteiger partial charge in [0.1, 0.15) is 16.8 Å². The highest BCUT2D eigenvalue weighted by molar-refractivity contribution is 9.10. The van der Waals surface area contributed by atoms with Crippen molar-refractivity contribution in [1.29, 1.82) is 0 Å². The fourth-order valence-electron chi connectivity index (χ4n) is 1.58. The van der Waals surface area contributed by atoms with Gasteiger partial charge in [-0.25, -0.2) is 9.97 Å². The first-order chi connectivity index (χ1) is 8.47. The van der Waals surface area contributed by atoms with Gasteiger partial charge in [-0.1, -0.05) is 27.5 Å². The number of hydrogen-bond donors (Lipinski definition) is 1. The number of aryl methyl sites for hydroxylation is 2. The van der Waals surface area contributed by atoms with Crippen molar-refractivity contribution in [1.82, 2.24) is 9.97 Å². The lowest BCUT2D eigenvalue weighted by atomic mass is 10.2. The Morgan fingerprint density at radius 2 is 1.89 bits per heavy atom. The van der Waals surface area contributed by atoms with Crippen LogP contribution >= 0.6 is 27.5 Å². The molecular formula is C13H13BrClN3. The largest absolute Gasteiger partial charge is 0.340 e. The molecule has 3 nitrogen and oxygen atoms in total. The zero-order valence-corrected chi connectivity index (χ0v) is 12.7. The van der Waals surface area contributed by atoms with Crippen molar-refractivity contribution in [2.75, 3.05) is 5.32 Å². The zero-order valence-electron chi connectivity index (χ0n) is 10.4. The summed E-state index contributed by atoms with van der Waals surface area (Å²) in [6, 6.07) is 6.04. The molecule has 0 saturated carbocycles. The molecule has 0 radical (unpaired) electrons. The molecule has 0 bridgehead atoms. The zero-order chi connectivity index (χ0) is 13.3. The quantitative estimate of drug-likeness (QED) is 0.822. The number of anilines is 2. The van der Waals surface area contributed by atoms with Crippen molar-refractivity contribution in [3.05, 3.63) is 44.8 Å². The van der Waals surface area contributed by atoms with Crippen LogP contribution in [0.4, 0.5) is 11.5 Å². The maximum atomic E-state index is 6.04. The Kier molecular flexibility index (Phi) is 3.88. The van der Waals surface area contributed by atoms with Gasteiger partial charge >= 0.3 is 0 Å². The number of hydrogen-bond acceptors (Lipinski definition) is 3. The number of nitrogens with zero attached hydrogens (tertiary/aromatic N) is 2. The van der Waals surface area contributed by atoms with Gasteiger partial charge < -0.3 is 5.32 Å². The molecule has 0 aliphatic heterocycles. The van der Waals surface area contributed by atoms with E-state index >= 15 is 0 Å². The number of nitrogens with one attached hydrogen (secondary N) is 1. The summed E-state index contributed by atoms with van der Waals surface area (Å²) in [5.74, 6) is 1.40. The van der Waals surface area contributed by atoms with Crippen LogP contribution in [0, 0.1) is 20.8 Å². The van der Waals surface area contributed by atoms with E-state index in [1.165, 1.54) is 0 Å². The lowest BCUT2D eigenvalue weighted by molar-refractivity contribution is 1.04. The Balaban J connectivity index is 2.36. The van der Waals surface area contributed by atoms with E-state index < -0.39 is 0 Å². The minimum Gasteiger partial charge on any atom is -0.340 e. The Hall–Kier alpha value is -1.13. The molecule has 0 aliphatic carbocycles. The lowest BCUT2D eigenvalue weighted by Crippen LogP contribution is -2.01. The third-order valence-corrected chi connectivity index (χ3v) is 3.88. The summed E-state index contributed by atoms with van der Waals surface area (Å²) in [6.45, 7) is 5.76. The molecule has 0 fully saturated rings. The Morgan fingerprint density at radius 3 is 2.56 bits per heavy atom. The molecule has 0 atom stereocenters. The first-order valence-electron chi connectivity index (χ1n) is 5.51. The van der Waals surface area contributed by atoms with Crippen LogP contribution in [0.25, 0.3) is 0 Å². The molecule has 1 heterocycles. The van der Waals surface area contributed by atoms with Gasteiger partial charge in [0.05, 0.1) is 0 Å². The Labute approximate surface area is 120 Å². The fourth-order valence-corrected chi connectivity index (χ4v) is 2.03. The van der Waals surface area contributed by atoms with Crippen molar-refractivity contribution >= 4 is 39.0 Å². The van der Waals surface area contributed by atoms with Crippen molar-refractivity contribution in [2.24, 2.45) is 0 Å². The van der Waals surface area contributed by atoms with E-state index in [1.807, 2.05) is 32.9 Å². The molecular weight excluding hydrogens is 314 g/mol. The van der Waals surface area contributed by atoms with Gasteiger partial charge in [0, 0.05) is 15.7 Å². The Morgan fingerprint density at radius 1 is 1.17 bits per heavy atom. The average Bonchev–Trinajstić information content (AvgIpc) is 2.30. The highest BCUT2D eigenvalue weighted by Gasteiger charge is 2.08. The second-order valence-corrected chi connectivity index (χ2v) is 5.34. The first kappa shape index (κ1) is 13.3. The number of aromatic nitrogens is 2. The standard InChI is InChI=1S/C13H13BrClN3/c1-7-6-10(4-5-11(7)14)18-13-8(2)12(15)16-9(3)17-13/h4-6H,1-3H3,(H,16,17,18). The topological polar surface area (TPSA) is 37.8 Å². The fraction of sp³-hybridized carbons (Fsp3) is 0.231. The van der Waals surface area contributed by atoms with Crippen LogP contribution in [-0.4, -0.2) is 9.97 Å². The maximum absolute atomic E-state index is 6.04. The maximum Gasteiger partial charge on any atom is 0.138 e. The molecule has 0 unspecified atom stereocenters. The van der Waals surface area contributed by atoms with Gasteiger partial charge in [0.15, 0.2) is 0 Å². The molecule has 0 spiro atoms. The molecule has 1 aromatic heterocycles. The molecule has 0 aliphatic rings. The average molecular weight is 327 g/mol. The second kappa shape index (κ2) is 5.24. The van der Waals surface area contributed by atoms with Crippen LogP contribution in [-0.2, 0) is 0 Å². The van der Waals surface area contributed by atoms with E-state index in [0.717, 1.165) is 27.1 Å². The van der Waals surface area contributed by atoms with Gasteiger partial charge in [0.2, 0.25) is 0 Å². The van der Waals surface area contributed by atoms with E-state index in [1.54, 1.807) is 0 Å². The summed E-state index contributed by atoms with van der Waals surface area (Å²) in [5, 5.41) is 3.75. The lowest BCUT2D eigenvalue weighted by Gasteiger charge is -2.11. The van der Waals surface area contributed by atoms with Crippen LogP contribution in [0.5, 0.6) is 0 Å². The van der Waals surface area contributed by atoms with Crippen LogP contribution in [0.15, 0.2) is 22.7 Å². The molecule has 94 valence electrons. The van der Waals surface area contributed by atoms with E-state index in [0.29, 0.717) is 11.0 Å². The highest BCUT2D eigenvalue weighted by Crippen LogP contribution is 2.26. The first-order valence-corrected chi connectivity index (χ1v) is 6.68. The number of halogens is 2. The predicted molar refractivity (Wildman–Crippen MR) is 78.7 cm³/mol. The third-order valence-electron chi connectivity index (χ3n) is 2.62. The summed E-state index contributed by atoms with van der Waals surface area (Å²) in [5.41, 5.74) is 2.99. The van der Waals surface area contributed by atoms with Crippen molar-refractivity contribution in [3.8, 4) is 0 Å². The SMILES string of the molecule is Cc1nc(Cl)c(C)c(Nc2ccc(Br)c(C)c2)n1. The Bertz CT molecular complexity index is 599. The molecule has 0 amide bonds. The molecule has 1 aromatic carbocycles. The van der Waals surface area contributed by atoms with Gasteiger partial charge in [-0.2, -0.15) is 0 Å². The van der Waals surface area contributed by atoms with Gasteiger partial charge in [0.25, 0.3) is 0 Å². The summed E-state index contributed by atoms with van der Waals surface area (Å²) in [6.07, 6.45) is 0. The normalized spacial score (nSPS) is 10.5. The monoisotopic (exact) mass is 325 g/mol. The van der Waals surface area contributed by atoms with Gasteiger partial charge in [-0.15, -0.1) is 0 Å². The van der Waals surface area contributed by atoms with Gasteiger partial charge in [-0.3, -0.25) is 0 Å². The highest BCUT2D eigenvalue weighted by atomic mass is 79.9. The molecule has 0 saturated heterocycles. The van der Waals surface area contributed by atoms with Crippen molar-refractivity contribution in [3.63, 3.8) is 0 Å². The van der Waals surface area contributed by atoms with Crippen LogP contribution in [0.1, 0.15) is 17.0 Å². The minimum absolute atomic E-state index is 0.485. The van der Waals surface area contributed by atoms with Gasteiger partial charge in [-0.05, 0) is 44.5 Å². The summed E-state index contributed by atoms with van der Waals surface area (Å²) < 4.78 is 1.08. The number of rotatable bonds is 2. The van der Waals surface area contributed by atoms with Crippen molar-refractivity contribution < 1.29 is 0 Å². The molecule has 5 heteroatoms. The molecule has 18 heavy (non-hydrogen) atoms. The van der Waals surface area contributed by atoms with Crippen LogP contribution in [0.2, 0.25) is 5.15 Å². The van der Waals surface area contributed by atoms with E-state index in [2.05, 4.69) is 37.3 Å². The van der Waals surface area contributed by atoms with Crippen LogP contribution in [0.3, 0.4) is 0 Å². The van der Waals surface area contributed by atoms with E-state index in [9.17, 15) is 0 Å². The van der Waals surface area contributed by atoms with E-state index in [4.69, 9.17) is 11.6 Å². The van der Waals surface area contributed by atoms with E-state index in [-0.39, 0.29) is 0 Å². The summed E-state index contributed by atoms with van der Waals surface area (Å²) in [4.78, 5) is 8.48. The predicted octanol–water partition coefficient (Wildman–Crippen LogP) is 4.56. The smallest absolute Gasteiger partial charge is 0.138 e. The molecule has 2 aromatic rings. The molecule has 2 rings (SSSR count). The summed E-state index contributed by atoms with van der Waals surface area (Å²) in [7, 11) is 0. The second-order valence-electron chi connectivity index (χ2n) is 4.12.